The second kappa shape index (κ2) is 6.04. The summed E-state index contributed by atoms with van der Waals surface area (Å²) in [6, 6.07) is 1.36. The number of rotatable bonds is 2. The molecule has 1 fully saturated rings. The number of nitrogens with zero attached hydrogens (tertiary/aromatic N) is 2. The summed E-state index contributed by atoms with van der Waals surface area (Å²) in [6.07, 6.45) is -1.91. The van der Waals surface area contributed by atoms with Crippen molar-refractivity contribution >= 4 is 33.4 Å². The molecule has 9 heteroatoms. The van der Waals surface area contributed by atoms with Gasteiger partial charge in [-0.05, 0) is 31.4 Å². The summed E-state index contributed by atoms with van der Waals surface area (Å²) in [5.74, 6) is -1.84. The number of likely N-dealkylation sites (tertiary alicyclic amines) is 1. The van der Waals surface area contributed by atoms with Gasteiger partial charge in [0.1, 0.15) is 0 Å². The van der Waals surface area contributed by atoms with E-state index in [4.69, 9.17) is 0 Å². The molecule has 0 atom stereocenters. The Bertz CT molecular complexity index is 810. The Kier molecular flexibility index (Phi) is 4.20. The first-order chi connectivity index (χ1) is 11.3. The number of benzene rings is 1. The van der Waals surface area contributed by atoms with E-state index in [0.717, 1.165) is 36.7 Å². The molecular formula is C15H13F3N2O3S. The molecular weight excluding hydrogens is 345 g/mol. The average molecular weight is 358 g/mol. The number of carbonyl (C=O) groups is 2. The van der Waals surface area contributed by atoms with Crippen LogP contribution in [0, 0.1) is 0 Å². The lowest BCUT2D eigenvalue weighted by Gasteiger charge is -2.25. The number of thiazole rings is 1. The molecule has 1 saturated heterocycles. The van der Waals surface area contributed by atoms with Gasteiger partial charge < -0.3 is 10.0 Å². The maximum atomic E-state index is 12.9. The second-order valence-corrected chi connectivity index (χ2v) is 6.55. The Morgan fingerprint density at radius 3 is 2.42 bits per heavy atom. The molecule has 2 aromatic rings. The van der Waals surface area contributed by atoms with Gasteiger partial charge in [0.05, 0.1) is 21.3 Å². The fourth-order valence-electron chi connectivity index (χ4n) is 2.68. The van der Waals surface area contributed by atoms with Crippen LogP contribution in [0.15, 0.2) is 12.1 Å². The Morgan fingerprint density at radius 2 is 1.83 bits per heavy atom. The average Bonchev–Trinajstić information content (AvgIpc) is 2.97. The Labute approximate surface area is 138 Å². The molecule has 0 bridgehead atoms. The predicted molar refractivity (Wildman–Crippen MR) is 81.3 cm³/mol. The van der Waals surface area contributed by atoms with Crippen molar-refractivity contribution in [2.75, 3.05) is 13.1 Å². The number of carbonyl (C=O) groups excluding carboxylic acids is 1. The van der Waals surface area contributed by atoms with Crippen molar-refractivity contribution in [1.29, 1.82) is 0 Å². The van der Waals surface area contributed by atoms with Crippen LogP contribution >= 0.6 is 11.3 Å². The Morgan fingerprint density at radius 1 is 1.17 bits per heavy atom. The Balaban J connectivity index is 2.07. The van der Waals surface area contributed by atoms with Crippen LogP contribution in [0.4, 0.5) is 13.2 Å². The van der Waals surface area contributed by atoms with Crippen molar-refractivity contribution in [3.8, 4) is 0 Å². The third kappa shape index (κ3) is 3.08. The van der Waals surface area contributed by atoms with Crippen LogP contribution in [0.1, 0.15) is 45.0 Å². The number of hydrogen-bond acceptors (Lipinski definition) is 4. The maximum absolute atomic E-state index is 12.9. The summed E-state index contributed by atoms with van der Waals surface area (Å²) in [5, 5.41) is 9.21. The molecule has 1 aromatic carbocycles. The molecule has 24 heavy (non-hydrogen) atoms. The summed E-state index contributed by atoms with van der Waals surface area (Å²) >= 11 is 0.823. The van der Waals surface area contributed by atoms with Gasteiger partial charge in [-0.3, -0.25) is 4.79 Å². The van der Waals surface area contributed by atoms with Crippen LogP contribution in [0.25, 0.3) is 10.2 Å². The fourth-order valence-corrected chi connectivity index (χ4v) is 3.70. The van der Waals surface area contributed by atoms with Crippen LogP contribution in [0.2, 0.25) is 0 Å². The number of amides is 1. The molecule has 5 nitrogen and oxygen atoms in total. The van der Waals surface area contributed by atoms with Crippen molar-refractivity contribution in [1.82, 2.24) is 9.88 Å². The minimum atomic E-state index is -4.68. The summed E-state index contributed by atoms with van der Waals surface area (Å²) in [7, 11) is 0. The third-order valence-corrected chi connectivity index (χ3v) is 4.97. The molecule has 128 valence electrons. The molecule has 0 saturated carbocycles. The van der Waals surface area contributed by atoms with Gasteiger partial charge in [0.2, 0.25) is 0 Å². The lowest BCUT2D eigenvalue weighted by molar-refractivity contribution is -0.137. The number of hydrogen-bond donors (Lipinski definition) is 1. The van der Waals surface area contributed by atoms with Crippen LogP contribution in [0.3, 0.4) is 0 Å². The zero-order valence-corrected chi connectivity index (χ0v) is 13.2. The minimum Gasteiger partial charge on any atom is -0.478 e. The molecule has 0 spiro atoms. The Hall–Kier alpha value is -2.16. The van der Waals surface area contributed by atoms with E-state index >= 15 is 0 Å². The number of carboxylic acid groups (broad SMARTS) is 1. The van der Waals surface area contributed by atoms with Crippen LogP contribution in [-0.4, -0.2) is 40.0 Å². The molecule has 1 aliphatic heterocycles. The van der Waals surface area contributed by atoms with Crippen molar-refractivity contribution < 1.29 is 27.9 Å². The van der Waals surface area contributed by atoms with Gasteiger partial charge in [-0.25, -0.2) is 9.78 Å². The molecule has 0 unspecified atom stereocenters. The van der Waals surface area contributed by atoms with E-state index in [9.17, 15) is 27.9 Å². The number of aromatic nitrogens is 1. The molecule has 1 aliphatic rings. The first-order valence-electron chi connectivity index (χ1n) is 7.32. The molecule has 1 aromatic heterocycles. The zero-order valence-electron chi connectivity index (χ0n) is 12.4. The van der Waals surface area contributed by atoms with E-state index in [0.29, 0.717) is 19.2 Å². The van der Waals surface area contributed by atoms with E-state index in [1.807, 2.05) is 0 Å². The normalized spacial score (nSPS) is 15.7. The van der Waals surface area contributed by atoms with E-state index in [1.165, 1.54) is 0 Å². The van der Waals surface area contributed by atoms with Gasteiger partial charge in [-0.1, -0.05) is 0 Å². The monoisotopic (exact) mass is 358 g/mol. The van der Waals surface area contributed by atoms with Crippen molar-refractivity contribution in [3.63, 3.8) is 0 Å². The highest BCUT2D eigenvalue weighted by Gasteiger charge is 2.33. The van der Waals surface area contributed by atoms with Crippen LogP contribution in [0.5, 0.6) is 0 Å². The molecule has 3 rings (SSSR count). The number of aromatic carboxylic acids is 1. The summed E-state index contributed by atoms with van der Waals surface area (Å²) in [6.45, 7) is 1.16. The second-order valence-electron chi connectivity index (χ2n) is 5.55. The van der Waals surface area contributed by atoms with E-state index < -0.39 is 23.3 Å². The highest BCUT2D eigenvalue weighted by molar-refractivity contribution is 7.20. The van der Waals surface area contributed by atoms with E-state index in [1.54, 1.807) is 4.90 Å². The van der Waals surface area contributed by atoms with Crippen LogP contribution < -0.4 is 0 Å². The minimum absolute atomic E-state index is 0.0220. The molecule has 0 aliphatic carbocycles. The van der Waals surface area contributed by atoms with Gasteiger partial charge in [-0.2, -0.15) is 13.2 Å². The van der Waals surface area contributed by atoms with Crippen molar-refractivity contribution in [2.24, 2.45) is 0 Å². The number of carboxylic acids is 1. The first-order valence-corrected chi connectivity index (χ1v) is 8.13. The lowest BCUT2D eigenvalue weighted by atomic mass is 10.1. The topological polar surface area (TPSA) is 70.5 Å². The van der Waals surface area contributed by atoms with Gasteiger partial charge in [0.15, 0.2) is 5.01 Å². The van der Waals surface area contributed by atoms with Crippen molar-refractivity contribution in [3.05, 3.63) is 28.3 Å². The highest BCUT2D eigenvalue weighted by atomic mass is 32.1. The highest BCUT2D eigenvalue weighted by Crippen LogP contribution is 2.35. The van der Waals surface area contributed by atoms with Crippen LogP contribution in [-0.2, 0) is 6.18 Å². The zero-order chi connectivity index (χ0) is 17.5. The maximum Gasteiger partial charge on any atom is 0.416 e. The summed E-state index contributed by atoms with van der Waals surface area (Å²) in [4.78, 5) is 29.3. The number of alkyl halides is 3. The van der Waals surface area contributed by atoms with E-state index in [2.05, 4.69) is 4.98 Å². The number of fused-ring (bicyclic) bond motifs is 1. The van der Waals surface area contributed by atoms with E-state index in [-0.39, 0.29) is 21.1 Å². The van der Waals surface area contributed by atoms with Gasteiger partial charge in [0.25, 0.3) is 5.91 Å². The van der Waals surface area contributed by atoms with Gasteiger partial charge >= 0.3 is 12.1 Å². The van der Waals surface area contributed by atoms with Gasteiger partial charge in [0, 0.05) is 13.1 Å². The first kappa shape index (κ1) is 16.7. The number of halogens is 3. The summed E-state index contributed by atoms with van der Waals surface area (Å²) < 4.78 is 38.8. The molecule has 1 amide bonds. The number of piperidine rings is 1. The molecule has 0 radical (unpaired) electrons. The summed E-state index contributed by atoms with van der Waals surface area (Å²) in [5.41, 5.74) is -1.70. The van der Waals surface area contributed by atoms with Gasteiger partial charge in [-0.15, -0.1) is 11.3 Å². The lowest BCUT2D eigenvalue weighted by Crippen LogP contribution is -2.35. The third-order valence-electron chi connectivity index (χ3n) is 3.87. The molecule has 1 N–H and O–H groups in total. The fraction of sp³-hybridized carbons (Fsp3) is 0.400. The smallest absolute Gasteiger partial charge is 0.416 e. The largest absolute Gasteiger partial charge is 0.478 e. The van der Waals surface area contributed by atoms with Crippen molar-refractivity contribution in [2.45, 2.75) is 25.4 Å². The standard InChI is InChI=1S/C15H13F3N2O3S/c16-15(17,18)8-6-9(14(22)23)11-10(7-8)19-12(24-11)13(21)20-4-2-1-3-5-20/h6-7H,1-5H2,(H,22,23). The SMILES string of the molecule is O=C(O)c1cc(C(F)(F)F)cc2nc(C(=O)N3CCCCC3)sc12. The molecule has 2 heterocycles. The quantitative estimate of drug-likeness (QED) is 0.890. The predicted octanol–water partition coefficient (Wildman–Crippen LogP) is 3.64.